The number of halogens is 3. The van der Waals surface area contributed by atoms with E-state index >= 15 is 4.39 Å². The summed E-state index contributed by atoms with van der Waals surface area (Å²) in [6.07, 6.45) is 2.68. The van der Waals surface area contributed by atoms with Crippen LogP contribution in [-0.2, 0) is 11.3 Å². The molecule has 2 aromatic carbocycles. The first-order chi connectivity index (χ1) is 16.8. The Hall–Kier alpha value is -2.61. The molecule has 0 atom stereocenters. The van der Waals surface area contributed by atoms with Crippen molar-refractivity contribution in [1.29, 1.82) is 0 Å². The van der Waals surface area contributed by atoms with Gasteiger partial charge >= 0.3 is 5.97 Å². The van der Waals surface area contributed by atoms with Gasteiger partial charge in [0.1, 0.15) is 17.1 Å². The van der Waals surface area contributed by atoms with E-state index < -0.39 is 11.6 Å². The number of rotatable bonds is 8. The molecular weight excluding hydrogens is 494 g/mol. The SMILES string of the molecule is O=C(O)c1ccc(N2CCC(F)(COCc3c(-c4c(Cl)cccc4Cl)noc3C3CC3)CC2)cc1. The molecule has 1 aliphatic carbocycles. The summed E-state index contributed by atoms with van der Waals surface area (Å²) in [5, 5.41) is 14.3. The van der Waals surface area contributed by atoms with Gasteiger partial charge in [-0.05, 0) is 49.2 Å². The number of hydrogen-bond acceptors (Lipinski definition) is 5. The number of aromatic nitrogens is 1. The van der Waals surface area contributed by atoms with Crippen LogP contribution in [0.2, 0.25) is 10.0 Å². The smallest absolute Gasteiger partial charge is 0.335 e. The molecule has 184 valence electrons. The number of carbonyl (C=O) groups is 1. The topological polar surface area (TPSA) is 75.8 Å². The summed E-state index contributed by atoms with van der Waals surface area (Å²) >= 11 is 12.8. The van der Waals surface area contributed by atoms with E-state index in [1.165, 1.54) is 0 Å². The number of aromatic carboxylic acids is 1. The molecule has 5 rings (SSSR count). The average Bonchev–Trinajstić information content (AvgIpc) is 3.61. The normalized spacial score (nSPS) is 17.5. The van der Waals surface area contributed by atoms with Crippen LogP contribution >= 0.6 is 23.2 Å². The number of alkyl halides is 1. The quantitative estimate of drug-likeness (QED) is 0.355. The van der Waals surface area contributed by atoms with Crippen LogP contribution < -0.4 is 4.90 Å². The maximum absolute atomic E-state index is 15.6. The summed E-state index contributed by atoms with van der Waals surface area (Å²) in [6.45, 7) is 1.17. The molecule has 1 aromatic heterocycles. The lowest BCUT2D eigenvalue weighted by Crippen LogP contribution is -2.44. The molecule has 1 aliphatic heterocycles. The highest BCUT2D eigenvalue weighted by molar-refractivity contribution is 6.39. The fourth-order valence-electron chi connectivity index (χ4n) is 4.51. The maximum Gasteiger partial charge on any atom is 0.335 e. The van der Waals surface area contributed by atoms with Crippen molar-refractivity contribution in [3.05, 3.63) is 69.4 Å². The number of carboxylic acids is 1. The molecule has 1 saturated heterocycles. The lowest BCUT2D eigenvalue weighted by Gasteiger charge is -2.37. The first-order valence-corrected chi connectivity index (χ1v) is 12.4. The molecule has 0 spiro atoms. The second-order valence-corrected chi connectivity index (χ2v) is 10.0. The zero-order valence-corrected chi connectivity index (χ0v) is 20.5. The zero-order valence-electron chi connectivity index (χ0n) is 19.0. The van der Waals surface area contributed by atoms with Crippen molar-refractivity contribution in [2.45, 2.75) is 43.9 Å². The summed E-state index contributed by atoms with van der Waals surface area (Å²) < 4.78 is 27.1. The van der Waals surface area contributed by atoms with Crippen LogP contribution in [0.4, 0.5) is 10.1 Å². The maximum atomic E-state index is 15.6. The van der Waals surface area contributed by atoms with Gasteiger partial charge in [0, 0.05) is 48.7 Å². The largest absolute Gasteiger partial charge is 0.478 e. The van der Waals surface area contributed by atoms with Crippen molar-refractivity contribution in [3.8, 4) is 11.3 Å². The number of hydrogen-bond donors (Lipinski definition) is 1. The number of ether oxygens (including phenoxy) is 1. The predicted octanol–water partition coefficient (Wildman–Crippen LogP) is 6.75. The van der Waals surface area contributed by atoms with Crippen molar-refractivity contribution < 1.29 is 23.6 Å². The minimum absolute atomic E-state index is 0.0379. The van der Waals surface area contributed by atoms with E-state index in [1.807, 2.05) is 0 Å². The number of carboxylic acid groups (broad SMARTS) is 1. The summed E-state index contributed by atoms with van der Waals surface area (Å²) in [4.78, 5) is 13.1. The first-order valence-electron chi connectivity index (χ1n) is 11.6. The van der Waals surface area contributed by atoms with Crippen LogP contribution in [0, 0.1) is 0 Å². The highest BCUT2D eigenvalue weighted by Gasteiger charge is 2.37. The Balaban J connectivity index is 1.23. The van der Waals surface area contributed by atoms with Crippen LogP contribution in [0.25, 0.3) is 11.3 Å². The van der Waals surface area contributed by atoms with Crippen LogP contribution in [0.15, 0.2) is 47.0 Å². The van der Waals surface area contributed by atoms with E-state index in [-0.39, 0.29) is 18.8 Å². The molecule has 2 aliphatic rings. The van der Waals surface area contributed by atoms with Gasteiger partial charge in [-0.15, -0.1) is 0 Å². The monoisotopic (exact) mass is 518 g/mol. The first kappa shape index (κ1) is 24.1. The molecule has 2 heterocycles. The summed E-state index contributed by atoms with van der Waals surface area (Å²) in [6, 6.07) is 11.9. The molecule has 2 fully saturated rings. The molecule has 35 heavy (non-hydrogen) atoms. The van der Waals surface area contributed by atoms with Crippen LogP contribution in [0.5, 0.6) is 0 Å². The van der Waals surface area contributed by atoms with Gasteiger partial charge in [0.2, 0.25) is 0 Å². The third-order valence-corrected chi connectivity index (χ3v) is 7.34. The minimum Gasteiger partial charge on any atom is -0.478 e. The van der Waals surface area contributed by atoms with Crippen molar-refractivity contribution >= 4 is 34.9 Å². The molecular formula is C26H25Cl2FN2O4. The molecule has 3 aromatic rings. The molecule has 0 radical (unpaired) electrons. The van der Waals surface area contributed by atoms with Gasteiger partial charge in [0.15, 0.2) is 0 Å². The van der Waals surface area contributed by atoms with Gasteiger partial charge in [0.05, 0.1) is 28.8 Å². The summed E-state index contributed by atoms with van der Waals surface area (Å²) in [5.41, 5.74) is 1.60. The van der Waals surface area contributed by atoms with Crippen LogP contribution in [-0.4, -0.2) is 41.6 Å². The van der Waals surface area contributed by atoms with Gasteiger partial charge in [-0.1, -0.05) is 34.4 Å². The number of piperidine rings is 1. The second kappa shape index (κ2) is 9.80. The van der Waals surface area contributed by atoms with Gasteiger partial charge in [-0.3, -0.25) is 0 Å². The fourth-order valence-corrected chi connectivity index (χ4v) is 5.09. The van der Waals surface area contributed by atoms with E-state index in [9.17, 15) is 4.79 Å². The Morgan fingerprint density at radius 1 is 1.14 bits per heavy atom. The minimum atomic E-state index is -1.45. The lowest BCUT2D eigenvalue weighted by atomic mass is 9.93. The Morgan fingerprint density at radius 2 is 1.80 bits per heavy atom. The van der Waals surface area contributed by atoms with Crippen molar-refractivity contribution in [1.82, 2.24) is 5.16 Å². The third-order valence-electron chi connectivity index (χ3n) is 6.71. The third kappa shape index (κ3) is 5.17. The number of benzene rings is 2. The number of anilines is 1. The Bertz CT molecular complexity index is 1200. The summed E-state index contributed by atoms with van der Waals surface area (Å²) in [5.74, 6) is 0.0995. The molecule has 0 unspecified atom stereocenters. The standard InChI is InChI=1S/C26H25Cl2FN2O4/c27-20-2-1-3-21(28)22(20)23-19(24(35-30-23)16-4-5-16)14-34-15-26(29)10-12-31(13-11-26)18-8-6-17(7-9-18)25(32)33/h1-3,6-9,16H,4-5,10-15H2,(H,32,33). The lowest BCUT2D eigenvalue weighted by molar-refractivity contribution is -0.00757. The van der Waals surface area contributed by atoms with E-state index in [1.54, 1.807) is 42.5 Å². The van der Waals surface area contributed by atoms with Crippen molar-refractivity contribution in [2.75, 3.05) is 24.6 Å². The van der Waals surface area contributed by atoms with Crippen LogP contribution in [0.3, 0.4) is 0 Å². The van der Waals surface area contributed by atoms with E-state index in [0.717, 1.165) is 29.9 Å². The molecule has 6 nitrogen and oxygen atoms in total. The van der Waals surface area contributed by atoms with Crippen molar-refractivity contribution in [2.24, 2.45) is 0 Å². The molecule has 0 amide bonds. The number of nitrogens with zero attached hydrogens (tertiary/aromatic N) is 2. The van der Waals surface area contributed by atoms with Crippen molar-refractivity contribution in [3.63, 3.8) is 0 Å². The Kier molecular flexibility index (Phi) is 6.75. The molecule has 9 heteroatoms. The highest BCUT2D eigenvalue weighted by atomic mass is 35.5. The molecule has 1 N–H and O–H groups in total. The van der Waals surface area contributed by atoms with Gasteiger partial charge < -0.3 is 19.3 Å². The Labute approximate surface area is 212 Å². The molecule has 0 bridgehead atoms. The zero-order chi connectivity index (χ0) is 24.6. The van der Waals surface area contributed by atoms with Gasteiger partial charge in [-0.25, -0.2) is 9.18 Å². The van der Waals surface area contributed by atoms with E-state index in [4.69, 9.17) is 37.6 Å². The fraction of sp³-hybridized carbons (Fsp3) is 0.385. The predicted molar refractivity (Wildman–Crippen MR) is 132 cm³/mol. The van der Waals surface area contributed by atoms with E-state index in [2.05, 4.69) is 10.1 Å². The average molecular weight is 519 g/mol. The highest BCUT2D eigenvalue weighted by Crippen LogP contribution is 2.46. The van der Waals surface area contributed by atoms with Crippen LogP contribution in [0.1, 0.15) is 53.3 Å². The Morgan fingerprint density at radius 3 is 2.40 bits per heavy atom. The van der Waals surface area contributed by atoms with E-state index in [0.29, 0.717) is 53.2 Å². The summed E-state index contributed by atoms with van der Waals surface area (Å²) in [7, 11) is 0. The molecule has 1 saturated carbocycles. The van der Waals surface area contributed by atoms with Gasteiger partial charge in [0.25, 0.3) is 0 Å². The second-order valence-electron chi connectivity index (χ2n) is 9.23. The van der Waals surface area contributed by atoms with Gasteiger partial charge in [-0.2, -0.15) is 0 Å².